The van der Waals surface area contributed by atoms with Crippen molar-refractivity contribution in [2.45, 2.75) is 59.2 Å². The van der Waals surface area contributed by atoms with Crippen LogP contribution in [0.1, 0.15) is 41.0 Å². The second-order valence-electron chi connectivity index (χ2n) is 5.38. The fourth-order valence-electron chi connectivity index (χ4n) is 2.58. The second-order valence-corrected chi connectivity index (χ2v) is 5.38. The zero-order valence-corrected chi connectivity index (χ0v) is 12.8. The lowest BCUT2D eigenvalue weighted by atomic mass is 10.2. The van der Waals surface area contributed by atoms with Crippen LogP contribution in [0.2, 0.25) is 0 Å². The third kappa shape index (κ3) is 3.69. The van der Waals surface area contributed by atoms with Crippen molar-refractivity contribution in [1.82, 2.24) is 15.1 Å². The van der Waals surface area contributed by atoms with E-state index in [1.54, 1.807) is 9.80 Å². The highest BCUT2D eigenvalue weighted by atomic mass is 16.2. The molecular weight excluding hydrogens is 242 g/mol. The van der Waals surface area contributed by atoms with Crippen LogP contribution in [0.25, 0.3) is 0 Å². The van der Waals surface area contributed by atoms with Gasteiger partial charge in [-0.25, -0.2) is 0 Å². The number of nitrogens with zero attached hydrogens (tertiary/aromatic N) is 2. The van der Waals surface area contributed by atoms with Gasteiger partial charge in [0.15, 0.2) is 0 Å². The summed E-state index contributed by atoms with van der Waals surface area (Å²) in [7, 11) is 0. The average Bonchev–Trinajstić information content (AvgIpc) is 2.71. The van der Waals surface area contributed by atoms with E-state index < -0.39 is 0 Å². The minimum Gasteiger partial charge on any atom is -0.341 e. The maximum Gasteiger partial charge on any atom is 0.245 e. The second kappa shape index (κ2) is 6.89. The molecule has 1 aliphatic rings. The van der Waals surface area contributed by atoms with Crippen molar-refractivity contribution in [3.8, 4) is 0 Å². The summed E-state index contributed by atoms with van der Waals surface area (Å²) < 4.78 is 0. The number of carbonyl (C=O) groups excluding carboxylic acids is 2. The quantitative estimate of drug-likeness (QED) is 0.777. The topological polar surface area (TPSA) is 52.7 Å². The number of carbonyl (C=O) groups is 2. The van der Waals surface area contributed by atoms with Crippen LogP contribution in [0.15, 0.2) is 0 Å². The zero-order chi connectivity index (χ0) is 14.6. The molecule has 2 unspecified atom stereocenters. The van der Waals surface area contributed by atoms with Gasteiger partial charge in [0, 0.05) is 25.7 Å². The van der Waals surface area contributed by atoms with E-state index in [1.807, 2.05) is 34.6 Å². The summed E-state index contributed by atoms with van der Waals surface area (Å²) >= 11 is 0. The molecular formula is C14H27N3O2. The molecule has 0 spiro atoms. The number of rotatable bonds is 6. The van der Waals surface area contributed by atoms with E-state index in [1.165, 1.54) is 0 Å². The molecule has 0 aromatic carbocycles. The molecule has 5 heteroatoms. The molecule has 1 heterocycles. The Balaban J connectivity index is 2.66. The van der Waals surface area contributed by atoms with E-state index in [0.29, 0.717) is 19.6 Å². The van der Waals surface area contributed by atoms with Crippen molar-refractivity contribution in [3.05, 3.63) is 0 Å². The van der Waals surface area contributed by atoms with Gasteiger partial charge in [-0.15, -0.1) is 0 Å². The molecule has 110 valence electrons. The summed E-state index contributed by atoms with van der Waals surface area (Å²) in [4.78, 5) is 28.0. The molecule has 1 rings (SSSR count). The first-order valence-corrected chi connectivity index (χ1v) is 7.27. The molecule has 0 radical (unpaired) electrons. The minimum atomic E-state index is -0.355. The lowest BCUT2D eigenvalue weighted by Crippen LogP contribution is -2.50. The Hall–Kier alpha value is -1.10. The Kier molecular flexibility index (Phi) is 5.79. The van der Waals surface area contributed by atoms with Crippen LogP contribution < -0.4 is 5.32 Å². The molecule has 0 bridgehead atoms. The summed E-state index contributed by atoms with van der Waals surface area (Å²) in [6.45, 7) is 11.9. The van der Waals surface area contributed by atoms with Gasteiger partial charge >= 0.3 is 0 Å². The van der Waals surface area contributed by atoms with Gasteiger partial charge in [-0.1, -0.05) is 13.8 Å². The first-order chi connectivity index (χ1) is 8.92. The molecule has 19 heavy (non-hydrogen) atoms. The van der Waals surface area contributed by atoms with E-state index in [9.17, 15) is 9.59 Å². The van der Waals surface area contributed by atoms with Gasteiger partial charge < -0.3 is 15.1 Å². The van der Waals surface area contributed by atoms with Gasteiger partial charge in [0.1, 0.15) is 6.04 Å². The Bertz CT molecular complexity index is 327. The van der Waals surface area contributed by atoms with E-state index in [-0.39, 0.29) is 29.9 Å². The summed E-state index contributed by atoms with van der Waals surface area (Å²) in [6.07, 6.45) is 0.785. The summed E-state index contributed by atoms with van der Waals surface area (Å²) in [5.41, 5.74) is 0. The molecule has 0 aromatic rings. The van der Waals surface area contributed by atoms with Gasteiger partial charge in [0.2, 0.25) is 11.8 Å². The summed E-state index contributed by atoms with van der Waals surface area (Å²) in [5.74, 6) is 0.102. The van der Waals surface area contributed by atoms with Crippen LogP contribution in [-0.2, 0) is 9.59 Å². The Labute approximate surface area is 116 Å². The molecule has 1 N–H and O–H groups in total. The summed E-state index contributed by atoms with van der Waals surface area (Å²) in [5, 5.41) is 3.26. The van der Waals surface area contributed by atoms with Crippen LogP contribution in [-0.4, -0.2) is 59.4 Å². The third-order valence-electron chi connectivity index (χ3n) is 3.67. The van der Waals surface area contributed by atoms with Gasteiger partial charge in [-0.3, -0.25) is 9.59 Å². The fourth-order valence-corrected chi connectivity index (χ4v) is 2.58. The van der Waals surface area contributed by atoms with E-state index >= 15 is 0 Å². The molecule has 0 aliphatic carbocycles. The SMILES string of the molecule is CCN(CC)C(=O)C(C)N1CCC(NC(C)C)C1=O. The van der Waals surface area contributed by atoms with Crippen LogP contribution >= 0.6 is 0 Å². The number of nitrogens with one attached hydrogen (secondary N) is 1. The molecule has 0 aromatic heterocycles. The predicted octanol–water partition coefficient (Wildman–Crippen LogP) is 0.842. The van der Waals surface area contributed by atoms with Crippen LogP contribution in [0, 0.1) is 0 Å². The standard InChI is InChI=1S/C14H27N3O2/c1-6-16(7-2)13(18)11(5)17-9-8-12(14(17)19)15-10(3)4/h10-12,15H,6-9H2,1-5H3. The van der Waals surface area contributed by atoms with E-state index in [2.05, 4.69) is 5.32 Å². The number of likely N-dealkylation sites (tertiary alicyclic amines) is 1. The van der Waals surface area contributed by atoms with Gasteiger partial charge in [-0.05, 0) is 27.2 Å². The fraction of sp³-hybridized carbons (Fsp3) is 0.857. The largest absolute Gasteiger partial charge is 0.341 e. The van der Waals surface area contributed by atoms with Crippen molar-refractivity contribution in [1.29, 1.82) is 0 Å². The van der Waals surface area contributed by atoms with Crippen molar-refractivity contribution < 1.29 is 9.59 Å². The van der Waals surface area contributed by atoms with Gasteiger partial charge in [0.25, 0.3) is 0 Å². The smallest absolute Gasteiger partial charge is 0.245 e. The van der Waals surface area contributed by atoms with Crippen molar-refractivity contribution in [3.63, 3.8) is 0 Å². The van der Waals surface area contributed by atoms with Crippen molar-refractivity contribution in [2.75, 3.05) is 19.6 Å². The van der Waals surface area contributed by atoms with E-state index in [4.69, 9.17) is 0 Å². The third-order valence-corrected chi connectivity index (χ3v) is 3.67. The first kappa shape index (κ1) is 16.0. The molecule has 2 atom stereocenters. The predicted molar refractivity (Wildman–Crippen MR) is 75.8 cm³/mol. The molecule has 1 saturated heterocycles. The van der Waals surface area contributed by atoms with Crippen LogP contribution in [0.4, 0.5) is 0 Å². The average molecular weight is 269 g/mol. The van der Waals surface area contributed by atoms with Crippen LogP contribution in [0.5, 0.6) is 0 Å². The highest BCUT2D eigenvalue weighted by Gasteiger charge is 2.37. The zero-order valence-electron chi connectivity index (χ0n) is 12.8. The van der Waals surface area contributed by atoms with Crippen molar-refractivity contribution >= 4 is 11.8 Å². The number of likely N-dealkylation sites (N-methyl/N-ethyl adjacent to an activating group) is 1. The highest BCUT2D eigenvalue weighted by Crippen LogP contribution is 2.16. The number of hydrogen-bond acceptors (Lipinski definition) is 3. The summed E-state index contributed by atoms with van der Waals surface area (Å²) in [6, 6.07) is -0.207. The molecule has 1 fully saturated rings. The number of amides is 2. The first-order valence-electron chi connectivity index (χ1n) is 7.27. The Morgan fingerprint density at radius 1 is 1.37 bits per heavy atom. The van der Waals surface area contributed by atoms with E-state index in [0.717, 1.165) is 6.42 Å². The maximum absolute atomic E-state index is 12.3. The minimum absolute atomic E-state index is 0.0450. The van der Waals surface area contributed by atoms with Crippen molar-refractivity contribution in [2.24, 2.45) is 0 Å². The lowest BCUT2D eigenvalue weighted by Gasteiger charge is -2.29. The Morgan fingerprint density at radius 3 is 2.42 bits per heavy atom. The molecule has 1 aliphatic heterocycles. The lowest BCUT2D eigenvalue weighted by molar-refractivity contribution is -0.143. The van der Waals surface area contributed by atoms with Crippen LogP contribution in [0.3, 0.4) is 0 Å². The highest BCUT2D eigenvalue weighted by molar-refractivity contribution is 5.91. The molecule has 5 nitrogen and oxygen atoms in total. The normalized spacial score (nSPS) is 21.1. The Morgan fingerprint density at radius 2 is 1.95 bits per heavy atom. The molecule has 2 amide bonds. The maximum atomic E-state index is 12.3. The molecule has 0 saturated carbocycles. The monoisotopic (exact) mass is 269 g/mol. The van der Waals surface area contributed by atoms with Gasteiger partial charge in [0.05, 0.1) is 6.04 Å². The number of hydrogen-bond donors (Lipinski definition) is 1. The van der Waals surface area contributed by atoms with Gasteiger partial charge in [-0.2, -0.15) is 0 Å².